The standard InChI is InChI=1S/C12H19NO5/c1-12(2)17-9-7-8(16-11(9)18-12)10(14)13-3-5-15-6-4-13/h8-9,11H,3-7H2,1-2H3. The number of carbonyl (C=O) groups is 1. The van der Waals surface area contributed by atoms with E-state index in [1.165, 1.54) is 0 Å². The lowest BCUT2D eigenvalue weighted by Crippen LogP contribution is -2.46. The molecule has 3 aliphatic rings. The molecule has 18 heavy (non-hydrogen) atoms. The van der Waals surface area contributed by atoms with Crippen molar-refractivity contribution in [3.8, 4) is 0 Å². The van der Waals surface area contributed by atoms with Crippen LogP contribution in [0.4, 0.5) is 0 Å². The van der Waals surface area contributed by atoms with Crippen molar-refractivity contribution in [2.24, 2.45) is 0 Å². The molecule has 6 nitrogen and oxygen atoms in total. The SMILES string of the molecule is CC1(C)OC2CC(C(=O)N3CCOCC3)OC2O1. The molecule has 0 aromatic carbocycles. The van der Waals surface area contributed by atoms with Gasteiger partial charge in [-0.3, -0.25) is 4.79 Å². The Bertz CT molecular complexity index is 323. The monoisotopic (exact) mass is 257 g/mol. The molecule has 3 saturated heterocycles. The van der Waals surface area contributed by atoms with E-state index in [1.807, 2.05) is 13.8 Å². The normalized spacial score (nSPS) is 38.8. The molecular weight excluding hydrogens is 238 g/mol. The highest BCUT2D eigenvalue weighted by molar-refractivity contribution is 5.81. The Morgan fingerprint density at radius 2 is 1.94 bits per heavy atom. The molecule has 0 saturated carbocycles. The van der Waals surface area contributed by atoms with Crippen molar-refractivity contribution in [1.82, 2.24) is 4.90 Å². The summed E-state index contributed by atoms with van der Waals surface area (Å²) in [6, 6.07) is 0. The van der Waals surface area contributed by atoms with Gasteiger partial charge in [-0.05, 0) is 13.8 Å². The summed E-state index contributed by atoms with van der Waals surface area (Å²) in [6.45, 7) is 6.19. The summed E-state index contributed by atoms with van der Waals surface area (Å²) in [5.41, 5.74) is 0. The van der Waals surface area contributed by atoms with Gasteiger partial charge in [-0.25, -0.2) is 0 Å². The Morgan fingerprint density at radius 3 is 2.61 bits per heavy atom. The average Bonchev–Trinajstić information content (AvgIpc) is 2.82. The Kier molecular flexibility index (Phi) is 3.05. The lowest BCUT2D eigenvalue weighted by molar-refractivity contribution is -0.208. The first-order valence-electron chi connectivity index (χ1n) is 6.43. The summed E-state index contributed by atoms with van der Waals surface area (Å²) in [6.07, 6.45) is -0.399. The van der Waals surface area contributed by atoms with E-state index in [0.29, 0.717) is 32.7 Å². The van der Waals surface area contributed by atoms with E-state index in [1.54, 1.807) is 4.90 Å². The minimum absolute atomic E-state index is 0.0257. The summed E-state index contributed by atoms with van der Waals surface area (Å²) in [5, 5.41) is 0. The van der Waals surface area contributed by atoms with Crippen molar-refractivity contribution in [2.45, 2.75) is 44.6 Å². The van der Waals surface area contributed by atoms with Gasteiger partial charge in [-0.15, -0.1) is 0 Å². The van der Waals surface area contributed by atoms with Crippen LogP contribution in [0.5, 0.6) is 0 Å². The second-order valence-electron chi connectivity index (χ2n) is 5.34. The van der Waals surface area contributed by atoms with E-state index >= 15 is 0 Å². The van der Waals surface area contributed by atoms with Crippen molar-refractivity contribution in [3.05, 3.63) is 0 Å². The van der Waals surface area contributed by atoms with Crippen LogP contribution >= 0.6 is 0 Å². The molecule has 6 heteroatoms. The topological polar surface area (TPSA) is 57.2 Å². The maximum absolute atomic E-state index is 12.2. The van der Waals surface area contributed by atoms with Crippen LogP contribution < -0.4 is 0 Å². The van der Waals surface area contributed by atoms with E-state index in [4.69, 9.17) is 18.9 Å². The van der Waals surface area contributed by atoms with Crippen LogP contribution in [0, 0.1) is 0 Å². The van der Waals surface area contributed by atoms with Crippen LogP contribution in [0.2, 0.25) is 0 Å². The highest BCUT2D eigenvalue weighted by Crippen LogP contribution is 2.37. The quantitative estimate of drug-likeness (QED) is 0.667. The van der Waals surface area contributed by atoms with Gasteiger partial charge in [0.15, 0.2) is 12.1 Å². The first kappa shape index (κ1) is 12.3. The maximum Gasteiger partial charge on any atom is 0.252 e. The van der Waals surface area contributed by atoms with Gasteiger partial charge < -0.3 is 23.8 Å². The van der Waals surface area contributed by atoms with Crippen LogP contribution in [-0.4, -0.2) is 61.4 Å². The first-order valence-corrected chi connectivity index (χ1v) is 6.43. The molecule has 0 aromatic rings. The number of amides is 1. The lowest BCUT2D eigenvalue weighted by Gasteiger charge is -2.29. The number of ether oxygens (including phenoxy) is 4. The lowest BCUT2D eigenvalue weighted by atomic mass is 10.2. The van der Waals surface area contributed by atoms with Crippen LogP contribution in [0.3, 0.4) is 0 Å². The molecule has 0 spiro atoms. The molecule has 3 aliphatic heterocycles. The Balaban J connectivity index is 1.58. The van der Waals surface area contributed by atoms with Gasteiger partial charge in [0.1, 0.15) is 12.2 Å². The van der Waals surface area contributed by atoms with Gasteiger partial charge in [0.05, 0.1) is 13.2 Å². The fourth-order valence-electron chi connectivity index (χ4n) is 2.65. The molecule has 3 atom stereocenters. The number of morpholine rings is 1. The molecule has 0 radical (unpaired) electrons. The zero-order valence-corrected chi connectivity index (χ0v) is 10.8. The van der Waals surface area contributed by atoms with Crippen molar-refractivity contribution >= 4 is 5.91 Å². The predicted octanol–water partition coefficient (Wildman–Crippen LogP) is 0.112. The van der Waals surface area contributed by atoms with Crippen LogP contribution in [-0.2, 0) is 23.7 Å². The molecule has 3 unspecified atom stereocenters. The molecule has 0 bridgehead atoms. The maximum atomic E-state index is 12.2. The fourth-order valence-corrected chi connectivity index (χ4v) is 2.65. The molecule has 3 fully saturated rings. The van der Waals surface area contributed by atoms with Gasteiger partial charge in [-0.2, -0.15) is 0 Å². The number of carbonyl (C=O) groups excluding carboxylic acids is 1. The number of fused-ring (bicyclic) bond motifs is 1. The van der Waals surface area contributed by atoms with Crippen molar-refractivity contribution in [1.29, 1.82) is 0 Å². The Morgan fingerprint density at radius 1 is 1.22 bits per heavy atom. The van der Waals surface area contributed by atoms with E-state index in [-0.39, 0.29) is 12.0 Å². The van der Waals surface area contributed by atoms with Gasteiger partial charge in [0.2, 0.25) is 0 Å². The summed E-state index contributed by atoms with van der Waals surface area (Å²) >= 11 is 0. The second kappa shape index (κ2) is 4.45. The average molecular weight is 257 g/mol. The summed E-state index contributed by atoms with van der Waals surface area (Å²) in [4.78, 5) is 14.0. The Hall–Kier alpha value is -0.690. The molecule has 3 rings (SSSR count). The fraction of sp³-hybridized carbons (Fsp3) is 0.917. The minimum atomic E-state index is -0.609. The van der Waals surface area contributed by atoms with E-state index < -0.39 is 18.2 Å². The number of rotatable bonds is 1. The van der Waals surface area contributed by atoms with Crippen LogP contribution in [0.15, 0.2) is 0 Å². The third-order valence-electron chi connectivity index (χ3n) is 3.48. The number of hydrogen-bond donors (Lipinski definition) is 0. The third kappa shape index (κ3) is 2.25. The van der Waals surface area contributed by atoms with Crippen molar-refractivity contribution < 1.29 is 23.7 Å². The molecule has 0 aliphatic carbocycles. The molecule has 0 N–H and O–H groups in total. The first-order chi connectivity index (χ1) is 8.55. The molecule has 1 amide bonds. The van der Waals surface area contributed by atoms with Crippen molar-refractivity contribution in [3.63, 3.8) is 0 Å². The smallest absolute Gasteiger partial charge is 0.252 e. The van der Waals surface area contributed by atoms with Gasteiger partial charge >= 0.3 is 0 Å². The zero-order chi connectivity index (χ0) is 12.8. The van der Waals surface area contributed by atoms with E-state index in [2.05, 4.69) is 0 Å². The molecule has 102 valence electrons. The summed E-state index contributed by atoms with van der Waals surface area (Å²) < 4.78 is 22.2. The number of hydrogen-bond acceptors (Lipinski definition) is 5. The van der Waals surface area contributed by atoms with E-state index in [9.17, 15) is 4.79 Å². The van der Waals surface area contributed by atoms with Crippen LogP contribution in [0.25, 0.3) is 0 Å². The van der Waals surface area contributed by atoms with Crippen molar-refractivity contribution in [2.75, 3.05) is 26.3 Å². The second-order valence-corrected chi connectivity index (χ2v) is 5.34. The third-order valence-corrected chi connectivity index (χ3v) is 3.48. The van der Waals surface area contributed by atoms with E-state index in [0.717, 1.165) is 0 Å². The number of nitrogens with zero attached hydrogens (tertiary/aromatic N) is 1. The molecule has 0 aromatic heterocycles. The largest absolute Gasteiger partial charge is 0.378 e. The van der Waals surface area contributed by atoms with Gasteiger partial charge in [-0.1, -0.05) is 0 Å². The Labute approximate surface area is 106 Å². The molecular formula is C12H19NO5. The highest BCUT2D eigenvalue weighted by atomic mass is 16.8. The highest BCUT2D eigenvalue weighted by Gasteiger charge is 2.50. The minimum Gasteiger partial charge on any atom is -0.378 e. The predicted molar refractivity (Wildman–Crippen MR) is 60.7 cm³/mol. The molecule has 3 heterocycles. The van der Waals surface area contributed by atoms with Crippen LogP contribution in [0.1, 0.15) is 20.3 Å². The van der Waals surface area contributed by atoms with Gasteiger partial charge in [0.25, 0.3) is 5.91 Å². The zero-order valence-electron chi connectivity index (χ0n) is 10.8. The summed E-state index contributed by atoms with van der Waals surface area (Å²) in [7, 11) is 0. The van der Waals surface area contributed by atoms with Gasteiger partial charge in [0, 0.05) is 19.5 Å². The summed E-state index contributed by atoms with van der Waals surface area (Å²) in [5.74, 6) is -0.583.